The van der Waals surface area contributed by atoms with Gasteiger partial charge in [-0.1, -0.05) is 0 Å². The fourth-order valence-corrected chi connectivity index (χ4v) is 1.58. The summed E-state index contributed by atoms with van der Waals surface area (Å²) in [6.45, 7) is 1.87. The quantitative estimate of drug-likeness (QED) is 0.628. The number of esters is 1. The monoisotopic (exact) mass is 278 g/mol. The van der Waals surface area contributed by atoms with E-state index in [0.29, 0.717) is 0 Å². The zero-order chi connectivity index (χ0) is 11.4. The van der Waals surface area contributed by atoms with Crippen LogP contribution in [-0.2, 0) is 16.0 Å². The van der Waals surface area contributed by atoms with Gasteiger partial charge in [0.15, 0.2) is 0 Å². The lowest BCUT2D eigenvalue weighted by molar-refractivity contribution is -0.142. The van der Waals surface area contributed by atoms with Crippen molar-refractivity contribution in [2.24, 2.45) is 0 Å². The van der Waals surface area contributed by atoms with Gasteiger partial charge in [0.1, 0.15) is 11.6 Å². The standard InChI is InChI=1S/C10H9BrF2O2/c1-2-15-9(14)4-6-3-7(12)5-8(11)10(6)13/h3,5H,2,4H2,1H3. The van der Waals surface area contributed by atoms with Gasteiger partial charge in [-0.3, -0.25) is 4.79 Å². The Bertz CT molecular complexity index is 380. The molecular weight excluding hydrogens is 270 g/mol. The Morgan fingerprint density at radius 3 is 2.73 bits per heavy atom. The van der Waals surface area contributed by atoms with Gasteiger partial charge < -0.3 is 4.74 Å². The number of carbonyl (C=O) groups is 1. The van der Waals surface area contributed by atoms with E-state index in [9.17, 15) is 13.6 Å². The fourth-order valence-electron chi connectivity index (χ4n) is 1.11. The van der Waals surface area contributed by atoms with Crippen LogP contribution in [0.5, 0.6) is 0 Å². The topological polar surface area (TPSA) is 26.3 Å². The molecule has 0 bridgehead atoms. The Morgan fingerprint density at radius 1 is 1.47 bits per heavy atom. The van der Waals surface area contributed by atoms with Crippen LogP contribution >= 0.6 is 15.9 Å². The van der Waals surface area contributed by atoms with Crippen molar-refractivity contribution in [2.75, 3.05) is 6.61 Å². The molecule has 0 heterocycles. The lowest BCUT2D eigenvalue weighted by atomic mass is 10.1. The first-order chi connectivity index (χ1) is 7.04. The predicted molar refractivity (Wildman–Crippen MR) is 54.4 cm³/mol. The molecule has 0 aliphatic rings. The number of hydrogen-bond donors (Lipinski definition) is 0. The minimum absolute atomic E-state index is 0.00167. The van der Waals surface area contributed by atoms with Crippen molar-refractivity contribution >= 4 is 21.9 Å². The molecule has 1 aromatic rings. The van der Waals surface area contributed by atoms with Crippen molar-refractivity contribution in [2.45, 2.75) is 13.3 Å². The van der Waals surface area contributed by atoms with Crippen LogP contribution in [-0.4, -0.2) is 12.6 Å². The number of hydrogen-bond acceptors (Lipinski definition) is 2. The van der Waals surface area contributed by atoms with Gasteiger partial charge in [-0.25, -0.2) is 8.78 Å². The van der Waals surface area contributed by atoms with Gasteiger partial charge in [-0.05, 0) is 35.0 Å². The molecule has 0 aromatic heterocycles. The molecule has 2 nitrogen and oxygen atoms in total. The van der Waals surface area contributed by atoms with Gasteiger partial charge >= 0.3 is 5.97 Å². The maximum Gasteiger partial charge on any atom is 0.310 e. The summed E-state index contributed by atoms with van der Waals surface area (Å²) in [5.41, 5.74) is -0.0136. The summed E-state index contributed by atoms with van der Waals surface area (Å²) in [7, 11) is 0. The number of ether oxygens (including phenoxy) is 1. The van der Waals surface area contributed by atoms with Gasteiger partial charge in [0.2, 0.25) is 0 Å². The molecule has 0 aliphatic carbocycles. The Morgan fingerprint density at radius 2 is 2.13 bits per heavy atom. The van der Waals surface area contributed by atoms with Crippen molar-refractivity contribution in [3.8, 4) is 0 Å². The van der Waals surface area contributed by atoms with E-state index >= 15 is 0 Å². The van der Waals surface area contributed by atoms with E-state index in [1.807, 2.05) is 0 Å². The highest BCUT2D eigenvalue weighted by Gasteiger charge is 2.13. The van der Waals surface area contributed by atoms with Crippen LogP contribution in [0.25, 0.3) is 0 Å². The highest BCUT2D eigenvalue weighted by atomic mass is 79.9. The maximum absolute atomic E-state index is 13.4. The molecule has 0 spiro atoms. The Kier molecular flexibility index (Phi) is 4.20. The second-order valence-electron chi connectivity index (χ2n) is 2.84. The lowest BCUT2D eigenvalue weighted by Crippen LogP contribution is -2.09. The highest BCUT2D eigenvalue weighted by Crippen LogP contribution is 2.21. The molecular formula is C10H9BrF2O2. The largest absolute Gasteiger partial charge is 0.466 e. The smallest absolute Gasteiger partial charge is 0.310 e. The SMILES string of the molecule is CCOC(=O)Cc1cc(F)cc(Br)c1F. The molecule has 0 aliphatic heterocycles. The van der Waals surface area contributed by atoms with E-state index < -0.39 is 17.6 Å². The third-order valence-corrected chi connectivity index (χ3v) is 2.29. The van der Waals surface area contributed by atoms with E-state index in [2.05, 4.69) is 20.7 Å². The minimum Gasteiger partial charge on any atom is -0.466 e. The fraction of sp³-hybridized carbons (Fsp3) is 0.300. The first-order valence-corrected chi connectivity index (χ1v) is 5.13. The van der Waals surface area contributed by atoms with E-state index in [0.717, 1.165) is 12.1 Å². The number of benzene rings is 1. The number of rotatable bonds is 3. The molecule has 0 amide bonds. The molecule has 0 radical (unpaired) electrons. The molecule has 0 atom stereocenters. The average molecular weight is 279 g/mol. The molecule has 1 rings (SSSR count). The molecule has 82 valence electrons. The molecule has 0 fully saturated rings. The number of carbonyl (C=O) groups excluding carboxylic acids is 1. The van der Waals surface area contributed by atoms with Gasteiger partial charge in [0.25, 0.3) is 0 Å². The maximum atomic E-state index is 13.4. The molecule has 5 heteroatoms. The van der Waals surface area contributed by atoms with Crippen LogP contribution in [0.2, 0.25) is 0 Å². The van der Waals surface area contributed by atoms with Crippen LogP contribution in [0.15, 0.2) is 16.6 Å². The summed E-state index contributed by atoms with van der Waals surface area (Å²) in [5.74, 6) is -1.80. The molecule has 1 aromatic carbocycles. The summed E-state index contributed by atoms with van der Waals surface area (Å²) in [5, 5.41) is 0. The average Bonchev–Trinajstić information content (AvgIpc) is 2.13. The highest BCUT2D eigenvalue weighted by molar-refractivity contribution is 9.10. The third-order valence-electron chi connectivity index (χ3n) is 1.71. The second-order valence-corrected chi connectivity index (χ2v) is 3.70. The molecule has 0 unspecified atom stereocenters. The van der Waals surface area contributed by atoms with Crippen molar-refractivity contribution in [1.82, 2.24) is 0 Å². The lowest BCUT2D eigenvalue weighted by Gasteiger charge is -2.05. The van der Waals surface area contributed by atoms with Crippen LogP contribution in [0, 0.1) is 11.6 Å². The molecule has 15 heavy (non-hydrogen) atoms. The first-order valence-electron chi connectivity index (χ1n) is 4.33. The third kappa shape index (κ3) is 3.27. The first kappa shape index (κ1) is 12.1. The normalized spacial score (nSPS) is 10.1. The van der Waals surface area contributed by atoms with Crippen LogP contribution in [0.1, 0.15) is 12.5 Å². The van der Waals surface area contributed by atoms with E-state index in [1.165, 1.54) is 0 Å². The van der Waals surface area contributed by atoms with E-state index in [1.54, 1.807) is 6.92 Å². The van der Waals surface area contributed by atoms with Crippen molar-refractivity contribution in [1.29, 1.82) is 0 Å². The molecule has 0 N–H and O–H groups in total. The summed E-state index contributed by atoms with van der Waals surface area (Å²) in [4.78, 5) is 11.1. The van der Waals surface area contributed by atoms with E-state index in [-0.39, 0.29) is 23.1 Å². The predicted octanol–water partition coefficient (Wildman–Crippen LogP) is 2.83. The van der Waals surface area contributed by atoms with Crippen LogP contribution in [0.4, 0.5) is 8.78 Å². The molecule has 0 saturated heterocycles. The zero-order valence-corrected chi connectivity index (χ0v) is 9.61. The zero-order valence-electron chi connectivity index (χ0n) is 8.02. The Hall–Kier alpha value is -0.970. The second kappa shape index (κ2) is 5.21. The summed E-state index contributed by atoms with van der Waals surface area (Å²) in [6, 6.07) is 1.99. The van der Waals surface area contributed by atoms with Crippen LogP contribution < -0.4 is 0 Å². The number of halogens is 3. The summed E-state index contributed by atoms with van der Waals surface area (Å²) >= 11 is 2.86. The summed E-state index contributed by atoms with van der Waals surface area (Å²) < 4.78 is 30.9. The van der Waals surface area contributed by atoms with Crippen molar-refractivity contribution in [3.05, 3.63) is 33.8 Å². The Balaban J connectivity index is 2.89. The van der Waals surface area contributed by atoms with Gasteiger partial charge in [0, 0.05) is 5.56 Å². The van der Waals surface area contributed by atoms with Crippen LogP contribution in [0.3, 0.4) is 0 Å². The van der Waals surface area contributed by atoms with Gasteiger partial charge in [-0.2, -0.15) is 0 Å². The molecule has 0 saturated carbocycles. The van der Waals surface area contributed by atoms with E-state index in [4.69, 9.17) is 0 Å². The Labute approximate surface area is 94.4 Å². The summed E-state index contributed by atoms with van der Waals surface area (Å²) in [6.07, 6.45) is -0.268. The minimum atomic E-state index is -0.635. The van der Waals surface area contributed by atoms with Crippen molar-refractivity contribution < 1.29 is 18.3 Å². The van der Waals surface area contributed by atoms with Gasteiger partial charge in [-0.15, -0.1) is 0 Å². The van der Waals surface area contributed by atoms with Crippen molar-refractivity contribution in [3.63, 3.8) is 0 Å². The van der Waals surface area contributed by atoms with Gasteiger partial charge in [0.05, 0.1) is 17.5 Å².